The van der Waals surface area contributed by atoms with E-state index in [0.29, 0.717) is 27.7 Å². The van der Waals surface area contributed by atoms with Crippen LogP contribution in [0, 0.1) is 20.8 Å². The van der Waals surface area contributed by atoms with E-state index in [1.807, 2.05) is 6.92 Å². The lowest BCUT2D eigenvalue weighted by atomic mass is 10.1. The van der Waals surface area contributed by atoms with Gasteiger partial charge < -0.3 is 5.32 Å². The quantitative estimate of drug-likeness (QED) is 0.700. The molecule has 1 aromatic carbocycles. The molecule has 0 saturated carbocycles. The Hall–Kier alpha value is -2.14. The van der Waals surface area contributed by atoms with E-state index >= 15 is 0 Å². The number of aryl methyl sites for hydroxylation is 3. The summed E-state index contributed by atoms with van der Waals surface area (Å²) in [5.74, 6) is -1.29. The predicted octanol–water partition coefficient (Wildman–Crippen LogP) is 2.82. The van der Waals surface area contributed by atoms with Crippen molar-refractivity contribution < 1.29 is 9.59 Å². The van der Waals surface area contributed by atoms with Crippen LogP contribution in [0.25, 0.3) is 0 Å². The van der Waals surface area contributed by atoms with E-state index in [4.69, 9.17) is 11.6 Å². The zero-order valence-corrected chi connectivity index (χ0v) is 13.1. The molecule has 6 heteroatoms. The van der Waals surface area contributed by atoms with Gasteiger partial charge in [-0.3, -0.25) is 14.3 Å². The molecule has 2 aromatic rings. The molecule has 5 nitrogen and oxygen atoms in total. The van der Waals surface area contributed by atoms with Crippen LogP contribution in [0.4, 0.5) is 5.69 Å². The fraction of sp³-hybridized carbons (Fsp3) is 0.267. The van der Waals surface area contributed by atoms with Gasteiger partial charge in [0.05, 0.1) is 11.3 Å². The van der Waals surface area contributed by atoms with Gasteiger partial charge in [0.1, 0.15) is 0 Å². The molecule has 1 heterocycles. The summed E-state index contributed by atoms with van der Waals surface area (Å²) < 4.78 is 1.58. The summed E-state index contributed by atoms with van der Waals surface area (Å²) in [5, 5.41) is 7.25. The first-order chi connectivity index (χ1) is 9.81. The van der Waals surface area contributed by atoms with Crippen molar-refractivity contribution in [3.05, 3.63) is 45.7 Å². The number of hydrogen-bond donors (Lipinski definition) is 1. The Kier molecular flexibility index (Phi) is 4.14. The summed E-state index contributed by atoms with van der Waals surface area (Å²) in [5.41, 5.74) is 2.91. The summed E-state index contributed by atoms with van der Waals surface area (Å²) >= 11 is 5.90. The second-order valence-electron chi connectivity index (χ2n) is 4.91. The Morgan fingerprint density at radius 1 is 1.24 bits per heavy atom. The zero-order chi connectivity index (χ0) is 15.7. The number of Topliss-reactive ketones (excluding diaryl/α,β-unsaturated/α-hetero) is 1. The first-order valence-corrected chi connectivity index (χ1v) is 6.81. The molecule has 0 aliphatic rings. The van der Waals surface area contributed by atoms with Crippen LogP contribution in [0.5, 0.6) is 0 Å². The lowest BCUT2D eigenvalue weighted by Gasteiger charge is -2.08. The highest BCUT2D eigenvalue weighted by molar-refractivity contribution is 6.47. The second-order valence-corrected chi connectivity index (χ2v) is 5.35. The molecule has 1 amide bonds. The number of aromatic nitrogens is 2. The summed E-state index contributed by atoms with van der Waals surface area (Å²) in [7, 11) is 1.73. The number of carbonyl (C=O) groups is 2. The molecule has 0 spiro atoms. The molecule has 0 atom stereocenters. The molecule has 0 radical (unpaired) electrons. The first-order valence-electron chi connectivity index (χ1n) is 6.43. The summed E-state index contributed by atoms with van der Waals surface area (Å²) in [6.45, 7) is 5.29. The van der Waals surface area contributed by atoms with E-state index in [-0.39, 0.29) is 0 Å². The van der Waals surface area contributed by atoms with Crippen molar-refractivity contribution in [3.8, 4) is 0 Å². The van der Waals surface area contributed by atoms with E-state index < -0.39 is 11.7 Å². The van der Waals surface area contributed by atoms with Gasteiger partial charge in [-0.25, -0.2) is 0 Å². The number of benzene rings is 1. The van der Waals surface area contributed by atoms with Crippen LogP contribution in [-0.2, 0) is 11.8 Å². The maximum atomic E-state index is 12.3. The Balaban J connectivity index is 2.28. The number of ketones is 1. The minimum absolute atomic E-state index is 0.342. The second kappa shape index (κ2) is 5.69. The van der Waals surface area contributed by atoms with Gasteiger partial charge >= 0.3 is 0 Å². The SMILES string of the molecule is Cc1ccc(Cl)cc1NC(=O)C(=O)c1c(C)nn(C)c1C. The van der Waals surface area contributed by atoms with Crippen LogP contribution < -0.4 is 5.32 Å². The minimum Gasteiger partial charge on any atom is -0.319 e. The van der Waals surface area contributed by atoms with Gasteiger partial charge in [-0.15, -0.1) is 0 Å². The van der Waals surface area contributed by atoms with Crippen LogP contribution in [0.2, 0.25) is 5.02 Å². The molecule has 0 unspecified atom stereocenters. The Labute approximate surface area is 127 Å². The third-order valence-corrected chi connectivity index (χ3v) is 3.63. The van der Waals surface area contributed by atoms with Gasteiger partial charge in [-0.05, 0) is 38.5 Å². The number of anilines is 1. The average molecular weight is 306 g/mol. The molecule has 21 heavy (non-hydrogen) atoms. The highest BCUT2D eigenvalue weighted by atomic mass is 35.5. The van der Waals surface area contributed by atoms with Gasteiger partial charge in [-0.1, -0.05) is 17.7 Å². The lowest BCUT2D eigenvalue weighted by Crippen LogP contribution is -2.24. The molecular formula is C15H16ClN3O2. The van der Waals surface area contributed by atoms with E-state index in [9.17, 15) is 9.59 Å². The molecule has 0 aliphatic heterocycles. The number of rotatable bonds is 3. The molecular weight excluding hydrogens is 290 g/mol. The van der Waals surface area contributed by atoms with Crippen molar-refractivity contribution in [2.24, 2.45) is 7.05 Å². The van der Waals surface area contributed by atoms with Gasteiger partial charge in [0, 0.05) is 23.5 Å². The van der Waals surface area contributed by atoms with Gasteiger partial charge in [-0.2, -0.15) is 5.10 Å². The summed E-state index contributed by atoms with van der Waals surface area (Å²) in [6.07, 6.45) is 0. The topological polar surface area (TPSA) is 64.0 Å². The lowest BCUT2D eigenvalue weighted by molar-refractivity contribution is -0.112. The highest BCUT2D eigenvalue weighted by Crippen LogP contribution is 2.21. The maximum Gasteiger partial charge on any atom is 0.296 e. The minimum atomic E-state index is -0.695. The normalized spacial score (nSPS) is 10.5. The summed E-state index contributed by atoms with van der Waals surface area (Å²) in [6, 6.07) is 5.12. The molecule has 0 aliphatic carbocycles. The van der Waals surface area contributed by atoms with Gasteiger partial charge in [0.15, 0.2) is 0 Å². The van der Waals surface area contributed by atoms with Crippen molar-refractivity contribution >= 4 is 29.0 Å². The van der Waals surface area contributed by atoms with Crippen LogP contribution >= 0.6 is 11.6 Å². The third-order valence-electron chi connectivity index (χ3n) is 3.39. The standard InChI is InChI=1S/C15H16ClN3O2/c1-8-5-6-11(16)7-12(8)17-15(21)14(20)13-9(2)18-19(4)10(13)3/h5-7H,1-4H3,(H,17,21). The summed E-state index contributed by atoms with van der Waals surface area (Å²) in [4.78, 5) is 24.5. The molecule has 0 saturated heterocycles. The molecule has 0 fully saturated rings. The van der Waals surface area contributed by atoms with Crippen molar-refractivity contribution in [2.75, 3.05) is 5.32 Å². The van der Waals surface area contributed by atoms with Crippen LogP contribution in [0.1, 0.15) is 27.3 Å². The Morgan fingerprint density at radius 2 is 1.90 bits per heavy atom. The number of nitrogens with one attached hydrogen (secondary N) is 1. The van der Waals surface area contributed by atoms with E-state index in [0.717, 1.165) is 5.56 Å². The highest BCUT2D eigenvalue weighted by Gasteiger charge is 2.24. The molecule has 0 bridgehead atoms. The smallest absolute Gasteiger partial charge is 0.296 e. The van der Waals surface area contributed by atoms with E-state index in [1.165, 1.54) is 0 Å². The van der Waals surface area contributed by atoms with Crippen molar-refractivity contribution in [1.82, 2.24) is 9.78 Å². The Bertz CT molecular complexity index is 735. The van der Waals surface area contributed by atoms with Crippen LogP contribution in [-0.4, -0.2) is 21.5 Å². The third kappa shape index (κ3) is 2.97. The van der Waals surface area contributed by atoms with Gasteiger partial charge in [0.25, 0.3) is 11.7 Å². The maximum absolute atomic E-state index is 12.3. The number of carbonyl (C=O) groups excluding carboxylic acids is 2. The van der Waals surface area contributed by atoms with Crippen molar-refractivity contribution in [3.63, 3.8) is 0 Å². The number of hydrogen-bond acceptors (Lipinski definition) is 3. The average Bonchev–Trinajstić information content (AvgIpc) is 2.67. The number of nitrogens with zero attached hydrogens (tertiary/aromatic N) is 2. The Morgan fingerprint density at radius 3 is 2.48 bits per heavy atom. The van der Waals surface area contributed by atoms with E-state index in [2.05, 4.69) is 10.4 Å². The van der Waals surface area contributed by atoms with Crippen LogP contribution in [0.3, 0.4) is 0 Å². The molecule has 2 rings (SSSR count). The fourth-order valence-corrected chi connectivity index (χ4v) is 2.30. The molecule has 110 valence electrons. The largest absolute Gasteiger partial charge is 0.319 e. The number of amides is 1. The number of halogens is 1. The predicted molar refractivity (Wildman–Crippen MR) is 81.8 cm³/mol. The fourth-order valence-electron chi connectivity index (χ4n) is 2.12. The van der Waals surface area contributed by atoms with Crippen LogP contribution in [0.15, 0.2) is 18.2 Å². The van der Waals surface area contributed by atoms with E-state index in [1.54, 1.807) is 43.8 Å². The monoisotopic (exact) mass is 305 g/mol. The molecule has 1 N–H and O–H groups in total. The first kappa shape index (κ1) is 15.3. The van der Waals surface area contributed by atoms with Crippen molar-refractivity contribution in [1.29, 1.82) is 0 Å². The van der Waals surface area contributed by atoms with Gasteiger partial charge in [0.2, 0.25) is 0 Å². The zero-order valence-electron chi connectivity index (χ0n) is 12.3. The molecule has 1 aromatic heterocycles. The van der Waals surface area contributed by atoms with Crippen molar-refractivity contribution in [2.45, 2.75) is 20.8 Å².